The first kappa shape index (κ1) is 21.4. The van der Waals surface area contributed by atoms with Gasteiger partial charge in [0.25, 0.3) is 5.91 Å². The number of hydrogen-bond acceptors (Lipinski definition) is 5. The number of nitrogens with zero attached hydrogens (tertiary/aromatic N) is 3. The van der Waals surface area contributed by atoms with Crippen LogP contribution >= 0.6 is 0 Å². The van der Waals surface area contributed by atoms with Gasteiger partial charge in [0, 0.05) is 12.7 Å². The third-order valence-corrected chi connectivity index (χ3v) is 5.17. The Morgan fingerprint density at radius 2 is 1.78 bits per heavy atom. The van der Waals surface area contributed by atoms with Crippen molar-refractivity contribution < 1.29 is 14.3 Å². The maximum absolute atomic E-state index is 12.6. The minimum absolute atomic E-state index is 0.223. The van der Waals surface area contributed by atoms with Crippen LogP contribution in [0.5, 0.6) is 11.5 Å². The molecule has 1 N–H and O–H groups in total. The first-order chi connectivity index (χ1) is 15.7. The van der Waals surface area contributed by atoms with Crippen LogP contribution < -0.4 is 14.8 Å². The third-order valence-electron chi connectivity index (χ3n) is 5.17. The van der Waals surface area contributed by atoms with Crippen LogP contribution in [0.25, 0.3) is 11.0 Å². The van der Waals surface area contributed by atoms with Gasteiger partial charge in [-0.25, -0.2) is 4.98 Å². The minimum Gasteiger partial charge on any atom is -0.497 e. The number of rotatable bonds is 9. The van der Waals surface area contributed by atoms with Crippen LogP contribution in [-0.2, 0) is 6.54 Å². The van der Waals surface area contributed by atoms with Gasteiger partial charge in [-0.15, -0.1) is 0 Å². The molecule has 0 saturated heterocycles. The zero-order valence-corrected chi connectivity index (χ0v) is 18.2. The van der Waals surface area contributed by atoms with Gasteiger partial charge in [-0.3, -0.25) is 9.78 Å². The van der Waals surface area contributed by atoms with Crippen LogP contribution in [0.2, 0.25) is 0 Å². The molecule has 32 heavy (non-hydrogen) atoms. The molecule has 1 atom stereocenters. The van der Waals surface area contributed by atoms with Crippen molar-refractivity contribution in [1.29, 1.82) is 0 Å². The van der Waals surface area contributed by atoms with Crippen molar-refractivity contribution in [3.8, 4) is 11.5 Å². The van der Waals surface area contributed by atoms with Crippen molar-refractivity contribution in [3.63, 3.8) is 0 Å². The largest absolute Gasteiger partial charge is 0.497 e. The highest BCUT2D eigenvalue weighted by Gasteiger charge is 2.19. The summed E-state index contributed by atoms with van der Waals surface area (Å²) < 4.78 is 13.2. The molecule has 1 unspecified atom stereocenters. The minimum atomic E-state index is -0.278. The molecule has 164 valence electrons. The van der Waals surface area contributed by atoms with Gasteiger partial charge >= 0.3 is 0 Å². The maximum atomic E-state index is 12.6. The zero-order valence-electron chi connectivity index (χ0n) is 18.2. The summed E-state index contributed by atoms with van der Waals surface area (Å²) in [6.07, 6.45) is 2.40. The van der Waals surface area contributed by atoms with E-state index in [0.717, 1.165) is 41.3 Å². The molecule has 2 aromatic carbocycles. The molecular formula is C25H26N4O3. The lowest BCUT2D eigenvalue weighted by atomic mass is 10.2. The number of carbonyl (C=O) groups is 1. The summed E-state index contributed by atoms with van der Waals surface area (Å²) in [5.41, 5.74) is 2.32. The third kappa shape index (κ3) is 4.88. The summed E-state index contributed by atoms with van der Waals surface area (Å²) in [6, 6.07) is 20.5. The van der Waals surface area contributed by atoms with Crippen molar-refractivity contribution in [2.45, 2.75) is 25.9 Å². The molecule has 2 heterocycles. The van der Waals surface area contributed by atoms with E-state index in [2.05, 4.69) is 14.9 Å². The molecule has 0 bridgehead atoms. The molecule has 0 radical (unpaired) electrons. The molecule has 0 aliphatic rings. The Kier molecular flexibility index (Phi) is 6.65. The number of pyridine rings is 1. The first-order valence-electron chi connectivity index (χ1n) is 10.6. The molecule has 0 saturated carbocycles. The number of imidazole rings is 1. The van der Waals surface area contributed by atoms with E-state index in [0.29, 0.717) is 12.3 Å². The number of benzene rings is 2. The van der Waals surface area contributed by atoms with E-state index in [-0.39, 0.29) is 11.9 Å². The van der Waals surface area contributed by atoms with Gasteiger partial charge in [-0.1, -0.05) is 18.2 Å². The van der Waals surface area contributed by atoms with Crippen molar-refractivity contribution in [1.82, 2.24) is 19.9 Å². The number of hydrogen-bond donors (Lipinski definition) is 1. The van der Waals surface area contributed by atoms with E-state index in [1.54, 1.807) is 31.5 Å². The van der Waals surface area contributed by atoms with Crippen molar-refractivity contribution >= 4 is 16.9 Å². The normalized spacial score (nSPS) is 11.8. The van der Waals surface area contributed by atoms with Crippen molar-refractivity contribution in [2.75, 3.05) is 13.7 Å². The molecule has 4 rings (SSSR count). The molecule has 0 spiro atoms. The van der Waals surface area contributed by atoms with Crippen LogP contribution in [0.1, 0.15) is 35.7 Å². The quantitative estimate of drug-likeness (QED) is 0.398. The molecule has 4 aromatic rings. The van der Waals surface area contributed by atoms with Gasteiger partial charge < -0.3 is 19.4 Å². The Morgan fingerprint density at radius 1 is 1.03 bits per heavy atom. The lowest BCUT2D eigenvalue weighted by Crippen LogP contribution is -2.29. The van der Waals surface area contributed by atoms with Gasteiger partial charge in [0.15, 0.2) is 0 Å². The number of methoxy groups -OCH3 is 1. The number of amides is 1. The van der Waals surface area contributed by atoms with Gasteiger partial charge in [0.05, 0.1) is 30.8 Å². The molecule has 0 fully saturated rings. The zero-order chi connectivity index (χ0) is 22.3. The Bertz CT molecular complexity index is 1170. The van der Waals surface area contributed by atoms with Crippen molar-refractivity contribution in [3.05, 3.63) is 84.4 Å². The molecule has 7 heteroatoms. The first-order valence-corrected chi connectivity index (χ1v) is 10.6. The van der Waals surface area contributed by atoms with E-state index in [1.165, 1.54) is 0 Å². The predicted molar refractivity (Wildman–Crippen MR) is 123 cm³/mol. The lowest BCUT2D eigenvalue weighted by molar-refractivity contribution is 0.0932. The van der Waals surface area contributed by atoms with Crippen LogP contribution in [0.4, 0.5) is 0 Å². The Balaban J connectivity index is 1.45. The fourth-order valence-corrected chi connectivity index (χ4v) is 3.58. The molecule has 1 amide bonds. The summed E-state index contributed by atoms with van der Waals surface area (Å²) in [5, 5.41) is 3.01. The highest BCUT2D eigenvalue weighted by atomic mass is 16.5. The fourth-order valence-electron chi connectivity index (χ4n) is 3.58. The number of fused-ring (bicyclic) bond motifs is 1. The SMILES string of the molecule is COc1ccc(OCCCn2c(C(C)NC(=O)c3ccccn3)nc3ccccc32)cc1. The predicted octanol–water partition coefficient (Wildman–Crippen LogP) is 4.40. The topological polar surface area (TPSA) is 78.3 Å². The number of para-hydroxylation sites is 2. The summed E-state index contributed by atoms with van der Waals surface area (Å²) in [6.45, 7) is 3.22. The summed E-state index contributed by atoms with van der Waals surface area (Å²) in [7, 11) is 1.64. The highest BCUT2D eigenvalue weighted by Crippen LogP contribution is 2.22. The number of aromatic nitrogens is 3. The second-order valence-electron chi connectivity index (χ2n) is 7.40. The Morgan fingerprint density at radius 3 is 2.53 bits per heavy atom. The monoisotopic (exact) mass is 430 g/mol. The van der Waals surface area contributed by atoms with E-state index in [1.807, 2.05) is 55.5 Å². The van der Waals surface area contributed by atoms with Gasteiger partial charge in [0.2, 0.25) is 0 Å². The molecule has 0 aliphatic heterocycles. The van der Waals surface area contributed by atoms with Crippen LogP contribution in [-0.4, -0.2) is 34.2 Å². The summed E-state index contributed by atoms with van der Waals surface area (Å²) >= 11 is 0. The number of aryl methyl sites for hydroxylation is 1. The van der Waals surface area contributed by atoms with Crippen LogP contribution in [0.3, 0.4) is 0 Å². The summed E-state index contributed by atoms with van der Waals surface area (Å²) in [4.78, 5) is 21.5. The molecular weight excluding hydrogens is 404 g/mol. The van der Waals surface area contributed by atoms with Crippen molar-refractivity contribution in [2.24, 2.45) is 0 Å². The number of ether oxygens (including phenoxy) is 2. The van der Waals surface area contributed by atoms with Crippen LogP contribution in [0, 0.1) is 0 Å². The smallest absolute Gasteiger partial charge is 0.270 e. The maximum Gasteiger partial charge on any atom is 0.270 e. The average Bonchev–Trinajstić information content (AvgIpc) is 3.21. The Labute approximate surface area is 187 Å². The molecule has 7 nitrogen and oxygen atoms in total. The van der Waals surface area contributed by atoms with E-state index < -0.39 is 0 Å². The Hall–Kier alpha value is -3.87. The van der Waals surface area contributed by atoms with Gasteiger partial charge in [-0.2, -0.15) is 0 Å². The number of carbonyl (C=O) groups excluding carboxylic acids is 1. The number of nitrogens with one attached hydrogen (secondary N) is 1. The highest BCUT2D eigenvalue weighted by molar-refractivity contribution is 5.92. The van der Waals surface area contributed by atoms with Crippen LogP contribution in [0.15, 0.2) is 72.9 Å². The van der Waals surface area contributed by atoms with E-state index >= 15 is 0 Å². The lowest BCUT2D eigenvalue weighted by Gasteiger charge is -2.16. The van der Waals surface area contributed by atoms with E-state index in [9.17, 15) is 4.79 Å². The summed E-state index contributed by atoms with van der Waals surface area (Å²) in [5.74, 6) is 2.19. The second-order valence-corrected chi connectivity index (χ2v) is 7.40. The second kappa shape index (κ2) is 9.96. The van der Waals surface area contributed by atoms with E-state index in [4.69, 9.17) is 14.5 Å². The molecule has 0 aliphatic carbocycles. The van der Waals surface area contributed by atoms with Gasteiger partial charge in [0.1, 0.15) is 23.0 Å². The average molecular weight is 431 g/mol. The van der Waals surface area contributed by atoms with Gasteiger partial charge in [-0.05, 0) is 61.9 Å². The molecule has 2 aromatic heterocycles. The fraction of sp³-hybridized carbons (Fsp3) is 0.240. The standard InChI is InChI=1S/C25H26N4O3/c1-18(27-25(30)22-9-5-6-15-26-22)24-28-21-8-3-4-10-23(21)29(24)16-7-17-32-20-13-11-19(31-2)12-14-20/h3-6,8-15,18H,7,16-17H2,1-2H3,(H,27,30).